The van der Waals surface area contributed by atoms with E-state index in [0.29, 0.717) is 10.6 Å². The van der Waals surface area contributed by atoms with Crippen LogP contribution in [0.3, 0.4) is 0 Å². The van der Waals surface area contributed by atoms with E-state index in [1.807, 2.05) is 91.0 Å². The molecule has 0 unspecified atom stereocenters. The van der Waals surface area contributed by atoms with Gasteiger partial charge >= 0.3 is 0 Å². The van der Waals surface area contributed by atoms with Crippen molar-refractivity contribution < 1.29 is 9.59 Å². The van der Waals surface area contributed by atoms with E-state index in [1.54, 1.807) is 0 Å². The van der Waals surface area contributed by atoms with E-state index in [4.69, 9.17) is 11.6 Å². The Balaban J connectivity index is 1.59. The highest BCUT2D eigenvalue weighted by atomic mass is 35.5. The third-order valence-electron chi connectivity index (χ3n) is 6.75. The number of rotatable bonds is 3. The summed E-state index contributed by atoms with van der Waals surface area (Å²) in [4.78, 5) is 27.5. The monoisotopic (exact) mass is 408 g/mol. The maximum atomic E-state index is 13.9. The van der Waals surface area contributed by atoms with Gasteiger partial charge in [0.15, 0.2) is 11.6 Å². The highest BCUT2D eigenvalue weighted by Gasteiger charge is 2.75. The van der Waals surface area contributed by atoms with Crippen LogP contribution in [0.5, 0.6) is 0 Å². The van der Waals surface area contributed by atoms with Crippen LogP contribution >= 0.6 is 11.6 Å². The fourth-order valence-electron chi connectivity index (χ4n) is 5.49. The van der Waals surface area contributed by atoms with Crippen LogP contribution in [0.4, 0.5) is 0 Å². The van der Waals surface area contributed by atoms with Gasteiger partial charge < -0.3 is 0 Å². The number of halogens is 1. The summed E-state index contributed by atoms with van der Waals surface area (Å²) in [5, 5.41) is 2.68. The predicted octanol–water partition coefficient (Wildman–Crippen LogP) is 6.22. The molecule has 4 aromatic carbocycles. The van der Waals surface area contributed by atoms with Crippen molar-refractivity contribution in [2.24, 2.45) is 5.92 Å². The molecule has 3 atom stereocenters. The summed E-state index contributed by atoms with van der Waals surface area (Å²) in [6.45, 7) is 0. The van der Waals surface area contributed by atoms with E-state index >= 15 is 0 Å². The van der Waals surface area contributed by atoms with Crippen LogP contribution in [-0.2, 0) is 5.41 Å². The molecule has 0 amide bonds. The fourth-order valence-corrected chi connectivity index (χ4v) is 5.62. The van der Waals surface area contributed by atoms with Crippen molar-refractivity contribution in [2.45, 2.75) is 11.3 Å². The molecule has 1 spiro atoms. The van der Waals surface area contributed by atoms with Gasteiger partial charge in [0.2, 0.25) is 0 Å². The third-order valence-corrected chi connectivity index (χ3v) is 7.00. The molecule has 1 saturated carbocycles. The molecule has 4 aromatic rings. The van der Waals surface area contributed by atoms with E-state index in [-0.39, 0.29) is 17.5 Å². The first-order valence-electron chi connectivity index (χ1n) is 10.1. The van der Waals surface area contributed by atoms with Gasteiger partial charge in [-0.1, -0.05) is 90.5 Å². The van der Waals surface area contributed by atoms with Gasteiger partial charge in [-0.3, -0.25) is 9.59 Å². The van der Waals surface area contributed by atoms with Crippen molar-refractivity contribution >= 4 is 33.9 Å². The van der Waals surface area contributed by atoms with E-state index in [2.05, 4.69) is 0 Å². The van der Waals surface area contributed by atoms with Crippen molar-refractivity contribution in [3.8, 4) is 0 Å². The van der Waals surface area contributed by atoms with Crippen LogP contribution in [0.25, 0.3) is 10.8 Å². The van der Waals surface area contributed by atoms with Gasteiger partial charge in [-0.2, -0.15) is 0 Å². The molecule has 0 N–H and O–H groups in total. The molecule has 1 fully saturated rings. The molecule has 0 aromatic heterocycles. The van der Waals surface area contributed by atoms with Crippen LogP contribution < -0.4 is 0 Å². The lowest BCUT2D eigenvalue weighted by Crippen LogP contribution is -2.22. The lowest BCUT2D eigenvalue weighted by molar-refractivity contribution is 0.0892. The fraction of sp³-hybridized carbons (Fsp3) is 0.111. The number of fused-ring (bicyclic) bond motifs is 1. The number of hydrogen-bond donors (Lipinski definition) is 0. The molecule has 0 bridgehead atoms. The molecule has 2 aliphatic rings. The molecule has 6 rings (SSSR count). The number of hydrogen-bond acceptors (Lipinski definition) is 2. The molecule has 0 aliphatic heterocycles. The van der Waals surface area contributed by atoms with Crippen molar-refractivity contribution in [1.29, 1.82) is 0 Å². The van der Waals surface area contributed by atoms with Crippen molar-refractivity contribution in [2.75, 3.05) is 0 Å². The van der Waals surface area contributed by atoms with Gasteiger partial charge in [0.1, 0.15) is 0 Å². The van der Waals surface area contributed by atoms with E-state index in [9.17, 15) is 9.59 Å². The Bertz CT molecular complexity index is 1340. The second-order valence-corrected chi connectivity index (χ2v) is 8.58. The number of Topliss-reactive ketones (excluding diaryl/α,β-unsaturated/α-hetero) is 2. The summed E-state index contributed by atoms with van der Waals surface area (Å²) in [6.07, 6.45) is 0. The summed E-state index contributed by atoms with van der Waals surface area (Å²) in [6, 6.07) is 28.8. The molecule has 2 nitrogen and oxygen atoms in total. The summed E-state index contributed by atoms with van der Waals surface area (Å²) < 4.78 is 0. The minimum Gasteiger partial charge on any atom is -0.294 e. The van der Waals surface area contributed by atoms with Gasteiger partial charge in [-0.05, 0) is 34.0 Å². The summed E-state index contributed by atoms with van der Waals surface area (Å²) in [5.41, 5.74) is 2.49. The molecule has 0 heterocycles. The zero-order valence-electron chi connectivity index (χ0n) is 16.0. The van der Waals surface area contributed by atoms with Crippen LogP contribution in [0, 0.1) is 5.92 Å². The van der Waals surface area contributed by atoms with Crippen LogP contribution in [0.2, 0.25) is 5.02 Å². The second kappa shape index (κ2) is 6.13. The molecule has 144 valence electrons. The Morgan fingerprint density at radius 2 is 1.50 bits per heavy atom. The van der Waals surface area contributed by atoms with Gasteiger partial charge in [-0.25, -0.2) is 0 Å². The molecule has 30 heavy (non-hydrogen) atoms. The smallest absolute Gasteiger partial charge is 0.175 e. The van der Waals surface area contributed by atoms with Crippen molar-refractivity contribution in [3.63, 3.8) is 0 Å². The number of carbonyl (C=O) groups is 2. The summed E-state index contributed by atoms with van der Waals surface area (Å²) >= 11 is 6.12. The first kappa shape index (κ1) is 17.6. The van der Waals surface area contributed by atoms with Crippen LogP contribution in [0.15, 0.2) is 91.0 Å². The normalized spacial score (nSPS) is 23.8. The molecule has 3 heteroatoms. The molecule has 0 saturated heterocycles. The zero-order chi connectivity index (χ0) is 20.5. The minimum atomic E-state index is -0.843. The predicted molar refractivity (Wildman–Crippen MR) is 118 cm³/mol. The minimum absolute atomic E-state index is 0.0220. The molecule has 0 radical (unpaired) electrons. The van der Waals surface area contributed by atoms with Gasteiger partial charge in [0.25, 0.3) is 0 Å². The first-order chi connectivity index (χ1) is 14.6. The largest absolute Gasteiger partial charge is 0.294 e. The van der Waals surface area contributed by atoms with Crippen molar-refractivity contribution in [3.05, 3.63) is 118 Å². The quantitative estimate of drug-likeness (QED) is 0.377. The first-order valence-corrected chi connectivity index (χ1v) is 10.4. The van der Waals surface area contributed by atoms with Crippen molar-refractivity contribution in [1.82, 2.24) is 0 Å². The molecule has 2 aliphatic carbocycles. The third kappa shape index (κ3) is 2.15. The average molecular weight is 409 g/mol. The lowest BCUT2D eigenvalue weighted by atomic mass is 9.88. The number of carbonyl (C=O) groups excluding carboxylic acids is 2. The lowest BCUT2D eigenvalue weighted by Gasteiger charge is -2.11. The van der Waals surface area contributed by atoms with Crippen LogP contribution in [0.1, 0.15) is 37.8 Å². The number of benzene rings is 4. The second-order valence-electron chi connectivity index (χ2n) is 8.14. The Morgan fingerprint density at radius 3 is 2.23 bits per heavy atom. The average Bonchev–Trinajstić information content (AvgIpc) is 3.42. The number of ketones is 2. The maximum absolute atomic E-state index is 13.9. The Labute approximate surface area is 179 Å². The summed E-state index contributed by atoms with van der Waals surface area (Å²) in [5.74, 6) is -0.545. The zero-order valence-corrected chi connectivity index (χ0v) is 16.8. The van der Waals surface area contributed by atoms with Gasteiger partial charge in [0.05, 0.1) is 5.41 Å². The Morgan fingerprint density at radius 1 is 0.800 bits per heavy atom. The van der Waals surface area contributed by atoms with E-state index in [0.717, 1.165) is 27.5 Å². The maximum Gasteiger partial charge on any atom is 0.175 e. The topological polar surface area (TPSA) is 34.1 Å². The Hall–Kier alpha value is -3.23. The highest BCUT2D eigenvalue weighted by molar-refractivity contribution is 6.30. The highest BCUT2D eigenvalue weighted by Crippen LogP contribution is 2.71. The molecular formula is C27H17ClO2. The molecular weight excluding hydrogens is 392 g/mol. The van der Waals surface area contributed by atoms with Gasteiger partial charge in [-0.15, -0.1) is 0 Å². The SMILES string of the molecule is O=C(c1ccccc1)[C@H]1[C@H](c2ccc(Cl)cc2)[C@]12C(=O)c1cccc3cccc2c13. The van der Waals surface area contributed by atoms with E-state index < -0.39 is 11.3 Å². The summed E-state index contributed by atoms with van der Waals surface area (Å²) in [7, 11) is 0. The van der Waals surface area contributed by atoms with Crippen LogP contribution in [-0.4, -0.2) is 11.6 Å². The standard InChI is InChI=1S/C27H17ClO2/c28-19-14-12-17(13-15-19)23-24(25(29)18-6-2-1-3-7-18)27(23)21-11-5-9-16-8-4-10-20(22(16)21)26(27)30/h1-15,23-24H/t23-,24+,27-/m0/s1. The van der Waals surface area contributed by atoms with Gasteiger partial charge in [0, 0.05) is 28.0 Å². The van der Waals surface area contributed by atoms with E-state index in [1.165, 1.54) is 0 Å². The Kier molecular flexibility index (Phi) is 3.60.